The van der Waals surface area contributed by atoms with Crippen molar-refractivity contribution in [3.05, 3.63) is 47.0 Å². The first-order valence-corrected chi connectivity index (χ1v) is 11.5. The van der Waals surface area contributed by atoms with Crippen LogP contribution in [0.25, 0.3) is 11.1 Å². The Hall–Kier alpha value is -3.51. The van der Waals surface area contributed by atoms with Crippen molar-refractivity contribution < 1.29 is 31.9 Å². The third-order valence-corrected chi connectivity index (χ3v) is 6.19. The average Bonchev–Trinajstić information content (AvgIpc) is 3.13. The number of nitrogens with zero attached hydrogens (tertiary/aromatic N) is 2. The number of nitrogens with one attached hydrogen (secondary N) is 1. The summed E-state index contributed by atoms with van der Waals surface area (Å²) in [4.78, 5) is 32.7. The van der Waals surface area contributed by atoms with Crippen LogP contribution in [0.5, 0.6) is 0 Å². The van der Waals surface area contributed by atoms with Gasteiger partial charge in [-0.05, 0) is 45.0 Å². The Balaban J connectivity index is 1.62. The highest BCUT2D eigenvalue weighted by molar-refractivity contribution is 7.89. The van der Waals surface area contributed by atoms with Crippen LogP contribution in [-0.4, -0.2) is 44.0 Å². The second kappa shape index (κ2) is 9.96. The molecule has 0 aliphatic heterocycles. The molecular weight excluding hydrogens is 452 g/mol. The molecule has 0 unspecified atom stereocenters. The van der Waals surface area contributed by atoms with Crippen molar-refractivity contribution in [2.24, 2.45) is 0 Å². The van der Waals surface area contributed by atoms with Gasteiger partial charge >= 0.3 is 11.9 Å². The maximum absolute atomic E-state index is 12.2. The molecular formula is C21H24N4O7S. The molecule has 0 fully saturated rings. The SMILES string of the molecule is CCOC(=O)c1c(C)oc2nc(COC(=O)CCc3ccc(S(=O)(=O)NC)cc3)nc(N)c12. The molecule has 3 aromatic rings. The Morgan fingerprint density at radius 2 is 1.85 bits per heavy atom. The van der Waals surface area contributed by atoms with Crippen LogP contribution < -0.4 is 10.5 Å². The fourth-order valence-electron chi connectivity index (χ4n) is 3.11. The molecule has 0 amide bonds. The van der Waals surface area contributed by atoms with Crippen LogP contribution in [-0.2, 0) is 37.3 Å². The number of rotatable bonds is 9. The number of hydrogen-bond donors (Lipinski definition) is 2. The van der Waals surface area contributed by atoms with Gasteiger partial charge in [-0.15, -0.1) is 0 Å². The van der Waals surface area contributed by atoms with Crippen LogP contribution in [0, 0.1) is 6.92 Å². The van der Waals surface area contributed by atoms with Crippen molar-refractivity contribution >= 4 is 38.9 Å². The van der Waals surface area contributed by atoms with Crippen molar-refractivity contribution in [1.29, 1.82) is 0 Å². The highest BCUT2D eigenvalue weighted by Crippen LogP contribution is 2.29. The minimum Gasteiger partial charge on any atom is -0.462 e. The average molecular weight is 477 g/mol. The molecule has 33 heavy (non-hydrogen) atoms. The Morgan fingerprint density at radius 1 is 1.15 bits per heavy atom. The van der Waals surface area contributed by atoms with Crippen molar-refractivity contribution in [3.8, 4) is 0 Å². The number of ether oxygens (including phenoxy) is 2. The van der Waals surface area contributed by atoms with Crippen LogP contribution in [0.3, 0.4) is 0 Å². The normalized spacial score (nSPS) is 11.5. The third-order valence-electron chi connectivity index (χ3n) is 4.76. The monoisotopic (exact) mass is 476 g/mol. The Kier molecular flexibility index (Phi) is 7.29. The largest absolute Gasteiger partial charge is 0.462 e. The van der Waals surface area contributed by atoms with Crippen molar-refractivity contribution in [2.45, 2.75) is 38.2 Å². The minimum absolute atomic E-state index is 0.0163. The number of anilines is 1. The van der Waals surface area contributed by atoms with Crippen LogP contribution in [0.4, 0.5) is 5.82 Å². The lowest BCUT2D eigenvalue weighted by Crippen LogP contribution is -2.18. The van der Waals surface area contributed by atoms with Crippen LogP contribution in [0.15, 0.2) is 33.6 Å². The van der Waals surface area contributed by atoms with Gasteiger partial charge in [-0.2, -0.15) is 4.98 Å². The van der Waals surface area contributed by atoms with Gasteiger partial charge < -0.3 is 19.6 Å². The predicted octanol–water partition coefficient (Wildman–Crippen LogP) is 1.87. The van der Waals surface area contributed by atoms with Gasteiger partial charge in [-0.3, -0.25) is 4.79 Å². The summed E-state index contributed by atoms with van der Waals surface area (Å²) < 4.78 is 41.5. The summed E-state index contributed by atoms with van der Waals surface area (Å²) in [7, 11) is -2.18. The van der Waals surface area contributed by atoms with E-state index in [4.69, 9.17) is 19.6 Å². The lowest BCUT2D eigenvalue weighted by molar-refractivity contribution is -0.145. The number of aryl methyl sites for hydroxylation is 2. The first-order valence-electron chi connectivity index (χ1n) is 10.1. The van der Waals surface area contributed by atoms with Gasteiger partial charge in [-0.25, -0.2) is 22.9 Å². The topological polar surface area (TPSA) is 164 Å². The van der Waals surface area contributed by atoms with Crippen molar-refractivity contribution in [1.82, 2.24) is 14.7 Å². The molecule has 11 nitrogen and oxygen atoms in total. The van der Waals surface area contributed by atoms with Gasteiger partial charge in [0, 0.05) is 6.42 Å². The summed E-state index contributed by atoms with van der Waals surface area (Å²) in [6.07, 6.45) is 0.434. The van der Waals surface area contributed by atoms with E-state index in [9.17, 15) is 18.0 Å². The second-order valence-electron chi connectivity index (χ2n) is 6.97. The molecule has 0 radical (unpaired) electrons. The minimum atomic E-state index is -3.51. The van der Waals surface area contributed by atoms with Crippen molar-refractivity contribution in [3.63, 3.8) is 0 Å². The lowest BCUT2D eigenvalue weighted by atomic mass is 10.1. The molecule has 0 saturated heterocycles. The fraction of sp³-hybridized carbons (Fsp3) is 0.333. The standard InChI is InChI=1S/C21H24N4O7S/c1-4-30-21(27)17-12(2)32-20-18(17)19(22)24-15(25-20)11-31-16(26)10-7-13-5-8-14(9-6-13)33(28,29)23-3/h5-6,8-9,23H,4,7,10-11H2,1-3H3,(H2,22,24,25). The zero-order valence-electron chi connectivity index (χ0n) is 18.4. The molecule has 0 bridgehead atoms. The maximum Gasteiger partial charge on any atom is 0.342 e. The Morgan fingerprint density at radius 3 is 2.48 bits per heavy atom. The number of benzene rings is 1. The second-order valence-corrected chi connectivity index (χ2v) is 8.86. The molecule has 0 saturated carbocycles. The van der Waals surface area contributed by atoms with Gasteiger partial charge in [0.2, 0.25) is 15.7 Å². The molecule has 3 N–H and O–H groups in total. The highest BCUT2D eigenvalue weighted by atomic mass is 32.2. The van der Waals surface area contributed by atoms with E-state index in [0.29, 0.717) is 12.2 Å². The molecule has 176 valence electrons. The third kappa shape index (κ3) is 5.46. The van der Waals surface area contributed by atoms with E-state index in [1.54, 1.807) is 26.0 Å². The molecule has 12 heteroatoms. The van der Waals surface area contributed by atoms with E-state index in [1.807, 2.05) is 0 Å². The summed E-state index contributed by atoms with van der Waals surface area (Å²) in [6.45, 7) is 3.24. The van der Waals surface area contributed by atoms with Gasteiger partial charge in [0.05, 0.1) is 16.9 Å². The van der Waals surface area contributed by atoms with Crippen molar-refractivity contribution in [2.75, 3.05) is 19.4 Å². The molecule has 2 heterocycles. The lowest BCUT2D eigenvalue weighted by Gasteiger charge is -2.07. The van der Waals surface area contributed by atoms with Crippen LogP contribution in [0.1, 0.15) is 40.9 Å². The number of carbonyl (C=O) groups excluding carboxylic acids is 2. The number of esters is 2. The zero-order chi connectivity index (χ0) is 24.2. The zero-order valence-corrected chi connectivity index (χ0v) is 19.2. The van der Waals surface area contributed by atoms with E-state index in [2.05, 4.69) is 14.7 Å². The molecule has 0 aliphatic rings. The number of furan rings is 1. The summed E-state index contributed by atoms with van der Waals surface area (Å²) in [5, 5.41) is 0.254. The smallest absolute Gasteiger partial charge is 0.342 e. The number of carbonyl (C=O) groups is 2. The van der Waals surface area contributed by atoms with E-state index in [0.717, 1.165) is 5.56 Å². The number of hydrogen-bond acceptors (Lipinski definition) is 10. The molecule has 0 aliphatic carbocycles. The fourth-order valence-corrected chi connectivity index (χ4v) is 3.84. The Labute approximate surface area is 190 Å². The summed E-state index contributed by atoms with van der Waals surface area (Å²) in [5.74, 6) is -0.638. The van der Waals surface area contributed by atoms with Gasteiger partial charge in [0.1, 0.15) is 17.1 Å². The predicted molar refractivity (Wildman–Crippen MR) is 118 cm³/mol. The molecule has 1 aromatic carbocycles. The van der Waals surface area contributed by atoms with Gasteiger partial charge in [0.25, 0.3) is 0 Å². The molecule has 3 rings (SSSR count). The first-order chi connectivity index (χ1) is 15.7. The van der Waals surface area contributed by atoms with Gasteiger partial charge in [-0.1, -0.05) is 12.1 Å². The summed E-state index contributed by atoms with van der Waals surface area (Å²) >= 11 is 0. The van der Waals surface area contributed by atoms with Crippen LogP contribution >= 0.6 is 0 Å². The van der Waals surface area contributed by atoms with Crippen LogP contribution in [0.2, 0.25) is 0 Å². The maximum atomic E-state index is 12.2. The Bertz CT molecular complexity index is 1280. The summed E-state index contributed by atoms with van der Waals surface area (Å²) in [6, 6.07) is 6.20. The quantitative estimate of drug-likeness (QED) is 0.436. The van der Waals surface area contributed by atoms with E-state index in [-0.39, 0.29) is 52.8 Å². The van der Waals surface area contributed by atoms with E-state index in [1.165, 1.54) is 19.2 Å². The van der Waals surface area contributed by atoms with Gasteiger partial charge in [0.15, 0.2) is 12.4 Å². The summed E-state index contributed by atoms with van der Waals surface area (Å²) in [5.41, 5.74) is 7.04. The number of nitrogens with two attached hydrogens (primary N) is 1. The number of nitrogen functional groups attached to an aromatic ring is 1. The van der Waals surface area contributed by atoms with E-state index >= 15 is 0 Å². The highest BCUT2D eigenvalue weighted by Gasteiger charge is 2.24. The molecule has 0 atom stereocenters. The number of sulfonamides is 1. The molecule has 2 aromatic heterocycles. The first kappa shape index (κ1) is 24.1. The number of aromatic nitrogens is 2. The molecule has 0 spiro atoms. The number of fused-ring (bicyclic) bond motifs is 1. The van der Waals surface area contributed by atoms with E-state index < -0.39 is 22.0 Å².